The van der Waals surface area contributed by atoms with Crippen LogP contribution >= 0.6 is 0 Å². The Morgan fingerprint density at radius 2 is 1.80 bits per heavy atom. The summed E-state index contributed by atoms with van der Waals surface area (Å²) in [6.07, 6.45) is 1.60. The average Bonchev–Trinajstić information content (AvgIpc) is 2.30. The van der Waals surface area contributed by atoms with Crippen LogP contribution in [0.25, 0.3) is 11.1 Å². The largest absolute Gasteiger partial charge is 0.508 e. The van der Waals surface area contributed by atoms with Gasteiger partial charge >= 0.3 is 0 Å². The molecule has 0 saturated heterocycles. The number of phenolic OH excluding ortho intramolecular Hbond substituents is 1. The van der Waals surface area contributed by atoms with Gasteiger partial charge in [0, 0.05) is 6.20 Å². The number of nitriles is 1. The predicted octanol–water partition coefficient (Wildman–Crippen LogP) is 2.33. The summed E-state index contributed by atoms with van der Waals surface area (Å²) in [6.45, 7) is 0. The molecule has 2 rings (SSSR count). The molecule has 1 N–H and O–H groups in total. The second kappa shape index (κ2) is 3.81. The van der Waals surface area contributed by atoms with Gasteiger partial charge in [-0.3, -0.25) is 0 Å². The molecule has 0 unspecified atom stereocenters. The van der Waals surface area contributed by atoms with Gasteiger partial charge < -0.3 is 5.11 Å². The molecule has 0 aliphatic carbocycles. The first-order valence-corrected chi connectivity index (χ1v) is 4.45. The van der Waals surface area contributed by atoms with Crippen LogP contribution in [0.15, 0.2) is 42.6 Å². The lowest BCUT2D eigenvalue weighted by molar-refractivity contribution is 0.475. The zero-order valence-corrected chi connectivity index (χ0v) is 7.88. The lowest BCUT2D eigenvalue weighted by Gasteiger charge is -2.01. The standard InChI is InChI=1S/C12H8N2O/c13-8-11-7-10(5-6-14-11)9-1-3-12(15)4-2-9/h1-7,15H. The van der Waals surface area contributed by atoms with Crippen LogP contribution < -0.4 is 0 Å². The van der Waals surface area contributed by atoms with Crippen molar-refractivity contribution in [3.05, 3.63) is 48.3 Å². The molecule has 0 atom stereocenters. The number of aromatic nitrogens is 1. The van der Waals surface area contributed by atoms with Crippen molar-refractivity contribution in [1.82, 2.24) is 4.98 Å². The smallest absolute Gasteiger partial charge is 0.141 e. The Balaban J connectivity index is 2.46. The summed E-state index contributed by atoms with van der Waals surface area (Å²) < 4.78 is 0. The number of aromatic hydroxyl groups is 1. The molecule has 1 heterocycles. The number of pyridine rings is 1. The summed E-state index contributed by atoms with van der Waals surface area (Å²) in [5.74, 6) is 0.230. The highest BCUT2D eigenvalue weighted by Crippen LogP contribution is 2.21. The molecule has 0 saturated carbocycles. The maximum atomic E-state index is 9.14. The van der Waals surface area contributed by atoms with Crippen molar-refractivity contribution in [2.24, 2.45) is 0 Å². The maximum absolute atomic E-state index is 9.14. The Morgan fingerprint density at radius 1 is 1.07 bits per heavy atom. The minimum Gasteiger partial charge on any atom is -0.508 e. The van der Waals surface area contributed by atoms with Crippen LogP contribution in [0.1, 0.15) is 5.69 Å². The molecular formula is C12H8N2O. The highest BCUT2D eigenvalue weighted by Gasteiger charge is 1.99. The van der Waals surface area contributed by atoms with Gasteiger partial charge in [-0.1, -0.05) is 12.1 Å². The Morgan fingerprint density at radius 3 is 2.47 bits per heavy atom. The van der Waals surface area contributed by atoms with Gasteiger partial charge in [-0.2, -0.15) is 5.26 Å². The molecule has 0 spiro atoms. The van der Waals surface area contributed by atoms with Gasteiger partial charge in [0.25, 0.3) is 0 Å². The molecule has 2 aromatic rings. The van der Waals surface area contributed by atoms with Crippen LogP contribution in [0.3, 0.4) is 0 Å². The zero-order valence-electron chi connectivity index (χ0n) is 7.88. The van der Waals surface area contributed by atoms with Crippen molar-refractivity contribution in [3.8, 4) is 22.9 Å². The van der Waals surface area contributed by atoms with Crippen LogP contribution in [0, 0.1) is 11.3 Å². The van der Waals surface area contributed by atoms with E-state index in [2.05, 4.69) is 4.98 Å². The highest BCUT2D eigenvalue weighted by molar-refractivity contribution is 5.64. The van der Waals surface area contributed by atoms with E-state index in [1.165, 1.54) is 0 Å². The van der Waals surface area contributed by atoms with Gasteiger partial charge in [0.1, 0.15) is 17.5 Å². The SMILES string of the molecule is N#Cc1cc(-c2ccc(O)cc2)ccn1. The van der Waals surface area contributed by atoms with Crippen LogP contribution in [0.2, 0.25) is 0 Å². The fourth-order valence-corrected chi connectivity index (χ4v) is 1.33. The van der Waals surface area contributed by atoms with Crippen molar-refractivity contribution in [2.45, 2.75) is 0 Å². The second-order valence-electron chi connectivity index (χ2n) is 3.09. The summed E-state index contributed by atoms with van der Waals surface area (Å²) in [7, 11) is 0. The van der Waals surface area contributed by atoms with Gasteiger partial charge in [-0.05, 0) is 35.4 Å². The first kappa shape index (κ1) is 9.22. The summed E-state index contributed by atoms with van der Waals surface area (Å²) in [5, 5.41) is 17.8. The number of hydrogen-bond acceptors (Lipinski definition) is 3. The maximum Gasteiger partial charge on any atom is 0.141 e. The molecule has 3 nitrogen and oxygen atoms in total. The number of phenols is 1. The monoisotopic (exact) mass is 196 g/mol. The van der Waals surface area contributed by atoms with Gasteiger partial charge in [0.2, 0.25) is 0 Å². The molecular weight excluding hydrogens is 188 g/mol. The van der Waals surface area contributed by atoms with Crippen molar-refractivity contribution >= 4 is 0 Å². The van der Waals surface area contributed by atoms with E-state index < -0.39 is 0 Å². The third-order valence-electron chi connectivity index (χ3n) is 2.08. The molecule has 0 aliphatic heterocycles. The Bertz CT molecular complexity index is 512. The minimum absolute atomic E-state index is 0.230. The van der Waals surface area contributed by atoms with Crippen LogP contribution in [-0.2, 0) is 0 Å². The van der Waals surface area contributed by atoms with Crippen molar-refractivity contribution in [1.29, 1.82) is 5.26 Å². The molecule has 0 amide bonds. The molecule has 0 bridgehead atoms. The summed E-state index contributed by atoms with van der Waals surface area (Å²) in [5.41, 5.74) is 2.26. The first-order valence-electron chi connectivity index (χ1n) is 4.45. The van der Waals surface area contributed by atoms with Crippen LogP contribution in [0.4, 0.5) is 0 Å². The van der Waals surface area contributed by atoms with Crippen molar-refractivity contribution < 1.29 is 5.11 Å². The molecule has 1 aromatic carbocycles. The van der Waals surface area contributed by atoms with Gasteiger partial charge in [-0.25, -0.2) is 4.98 Å². The third-order valence-corrected chi connectivity index (χ3v) is 2.08. The molecule has 0 radical (unpaired) electrons. The average molecular weight is 196 g/mol. The normalized spacial score (nSPS) is 9.53. The fourth-order valence-electron chi connectivity index (χ4n) is 1.33. The molecule has 1 aromatic heterocycles. The summed E-state index contributed by atoms with van der Waals surface area (Å²) in [6, 6.07) is 12.3. The lowest BCUT2D eigenvalue weighted by atomic mass is 10.1. The number of hydrogen-bond donors (Lipinski definition) is 1. The Kier molecular flexibility index (Phi) is 2.34. The number of benzene rings is 1. The molecule has 0 fully saturated rings. The number of rotatable bonds is 1. The van der Waals surface area contributed by atoms with E-state index in [1.54, 1.807) is 36.5 Å². The van der Waals surface area contributed by atoms with Crippen molar-refractivity contribution in [2.75, 3.05) is 0 Å². The second-order valence-corrected chi connectivity index (χ2v) is 3.09. The summed E-state index contributed by atoms with van der Waals surface area (Å²) >= 11 is 0. The van der Waals surface area contributed by atoms with E-state index >= 15 is 0 Å². The topological polar surface area (TPSA) is 56.9 Å². The highest BCUT2D eigenvalue weighted by atomic mass is 16.3. The quantitative estimate of drug-likeness (QED) is 0.761. The van der Waals surface area contributed by atoms with Crippen LogP contribution in [-0.4, -0.2) is 10.1 Å². The van der Waals surface area contributed by atoms with Crippen LogP contribution in [0.5, 0.6) is 5.75 Å². The van der Waals surface area contributed by atoms with Gasteiger partial charge in [0.05, 0.1) is 0 Å². The lowest BCUT2D eigenvalue weighted by Crippen LogP contribution is -1.83. The molecule has 0 aliphatic rings. The Hall–Kier alpha value is -2.34. The van der Waals surface area contributed by atoms with E-state index in [9.17, 15) is 0 Å². The van der Waals surface area contributed by atoms with E-state index in [1.807, 2.05) is 12.1 Å². The molecule has 3 heteroatoms. The van der Waals surface area contributed by atoms with Crippen molar-refractivity contribution in [3.63, 3.8) is 0 Å². The van der Waals surface area contributed by atoms with E-state index in [0.29, 0.717) is 5.69 Å². The van der Waals surface area contributed by atoms with E-state index in [4.69, 9.17) is 10.4 Å². The zero-order chi connectivity index (χ0) is 10.7. The first-order chi connectivity index (χ1) is 7.29. The predicted molar refractivity (Wildman–Crippen MR) is 56.1 cm³/mol. The molecule has 72 valence electrons. The fraction of sp³-hybridized carbons (Fsp3) is 0. The summed E-state index contributed by atoms with van der Waals surface area (Å²) in [4.78, 5) is 3.89. The van der Waals surface area contributed by atoms with Gasteiger partial charge in [-0.15, -0.1) is 0 Å². The van der Waals surface area contributed by atoms with Gasteiger partial charge in [0.15, 0.2) is 0 Å². The Labute approximate surface area is 87.3 Å². The van der Waals surface area contributed by atoms with E-state index in [0.717, 1.165) is 11.1 Å². The number of nitrogens with zero attached hydrogens (tertiary/aromatic N) is 2. The third kappa shape index (κ3) is 1.94. The van der Waals surface area contributed by atoms with E-state index in [-0.39, 0.29) is 5.75 Å². The minimum atomic E-state index is 0.230. The molecule has 15 heavy (non-hydrogen) atoms.